The van der Waals surface area contributed by atoms with E-state index in [9.17, 15) is 0 Å². The van der Waals surface area contributed by atoms with E-state index in [-0.39, 0.29) is 0 Å². The van der Waals surface area contributed by atoms with E-state index >= 15 is 0 Å². The predicted molar refractivity (Wildman–Crippen MR) is 95.9 cm³/mol. The van der Waals surface area contributed by atoms with Gasteiger partial charge in [-0.05, 0) is 81.7 Å². The summed E-state index contributed by atoms with van der Waals surface area (Å²) in [6, 6.07) is 11.4. The second kappa shape index (κ2) is 7.76. The monoisotopic (exact) mass is 449 g/mol. The average molecular weight is 450 g/mol. The second-order valence-electron chi connectivity index (χ2n) is 4.50. The molecule has 0 fully saturated rings. The van der Waals surface area contributed by atoms with Gasteiger partial charge in [-0.3, -0.25) is 0 Å². The number of hydrogen-bond acceptors (Lipinski definition) is 2. The van der Waals surface area contributed by atoms with Crippen LogP contribution in [0.25, 0.3) is 0 Å². The lowest BCUT2D eigenvalue weighted by Crippen LogP contribution is -2.23. The Morgan fingerprint density at radius 1 is 1.32 bits per heavy atom. The van der Waals surface area contributed by atoms with Crippen LogP contribution in [0.5, 0.6) is 0 Å². The fourth-order valence-corrected chi connectivity index (χ4v) is 3.84. The van der Waals surface area contributed by atoms with Crippen LogP contribution in [-0.4, -0.2) is 6.54 Å². The molecule has 0 bridgehead atoms. The number of nitrogens with one attached hydrogen (secondary N) is 1. The molecule has 0 spiro atoms. The van der Waals surface area contributed by atoms with Gasteiger partial charge >= 0.3 is 0 Å². The van der Waals surface area contributed by atoms with Crippen LogP contribution in [0.4, 0.5) is 0 Å². The number of hydrogen-bond donors (Lipinski definition) is 1. The standard InChI is InChI=1S/C15H17BrINS/c1-2-7-18-14(15-9-12(16)10-19-15)8-11-3-5-13(17)6-4-11/h3-6,9-10,14,18H,2,7-8H2,1H3. The molecular formula is C15H17BrINS. The molecule has 0 amide bonds. The van der Waals surface area contributed by atoms with Crippen molar-refractivity contribution in [2.75, 3.05) is 6.54 Å². The van der Waals surface area contributed by atoms with Gasteiger partial charge in [0.25, 0.3) is 0 Å². The summed E-state index contributed by atoms with van der Waals surface area (Å²) >= 11 is 7.71. The van der Waals surface area contributed by atoms with Crippen molar-refractivity contribution in [2.45, 2.75) is 25.8 Å². The van der Waals surface area contributed by atoms with Crippen molar-refractivity contribution in [3.8, 4) is 0 Å². The molecule has 0 aliphatic rings. The van der Waals surface area contributed by atoms with Crippen LogP contribution in [0.15, 0.2) is 40.2 Å². The molecule has 1 atom stereocenters. The first-order chi connectivity index (χ1) is 9.19. The van der Waals surface area contributed by atoms with E-state index < -0.39 is 0 Å². The van der Waals surface area contributed by atoms with Crippen LogP contribution < -0.4 is 5.32 Å². The molecule has 102 valence electrons. The van der Waals surface area contributed by atoms with Crippen LogP contribution >= 0.6 is 49.9 Å². The van der Waals surface area contributed by atoms with Gasteiger partial charge in [-0.1, -0.05) is 19.1 Å². The van der Waals surface area contributed by atoms with E-state index in [1.54, 1.807) is 0 Å². The SMILES string of the molecule is CCCNC(Cc1ccc(I)cc1)c1cc(Br)cs1. The maximum atomic E-state index is 3.65. The van der Waals surface area contributed by atoms with Crippen LogP contribution in [0, 0.1) is 3.57 Å². The highest BCUT2D eigenvalue weighted by Crippen LogP contribution is 2.28. The van der Waals surface area contributed by atoms with Crippen molar-refractivity contribution < 1.29 is 0 Å². The lowest BCUT2D eigenvalue weighted by Gasteiger charge is -2.17. The molecule has 1 aromatic heterocycles. The molecule has 0 aliphatic carbocycles. The van der Waals surface area contributed by atoms with Gasteiger partial charge in [0.05, 0.1) is 0 Å². The molecule has 1 unspecified atom stereocenters. The summed E-state index contributed by atoms with van der Waals surface area (Å²) in [5, 5.41) is 5.81. The topological polar surface area (TPSA) is 12.0 Å². The van der Waals surface area contributed by atoms with E-state index in [1.807, 2.05) is 11.3 Å². The molecule has 2 aromatic rings. The first kappa shape index (κ1) is 15.5. The van der Waals surface area contributed by atoms with Gasteiger partial charge in [0.1, 0.15) is 0 Å². The molecule has 2 rings (SSSR count). The van der Waals surface area contributed by atoms with Gasteiger partial charge in [0.15, 0.2) is 0 Å². The van der Waals surface area contributed by atoms with Crippen molar-refractivity contribution >= 4 is 49.9 Å². The Balaban J connectivity index is 2.11. The van der Waals surface area contributed by atoms with Gasteiger partial charge in [0, 0.05) is 24.3 Å². The fourth-order valence-electron chi connectivity index (χ4n) is 1.96. The molecule has 0 aliphatic heterocycles. The van der Waals surface area contributed by atoms with Gasteiger partial charge in [-0.25, -0.2) is 0 Å². The quantitative estimate of drug-likeness (QED) is 0.582. The minimum atomic E-state index is 0.413. The zero-order chi connectivity index (χ0) is 13.7. The molecule has 0 radical (unpaired) electrons. The van der Waals surface area contributed by atoms with Crippen molar-refractivity contribution in [3.63, 3.8) is 0 Å². The van der Waals surface area contributed by atoms with Crippen molar-refractivity contribution in [1.29, 1.82) is 0 Å². The fraction of sp³-hybridized carbons (Fsp3) is 0.333. The maximum absolute atomic E-state index is 3.65. The molecule has 1 N–H and O–H groups in total. The Hall–Kier alpha value is 0.0900. The zero-order valence-electron chi connectivity index (χ0n) is 10.8. The Bertz CT molecular complexity index is 509. The summed E-state index contributed by atoms with van der Waals surface area (Å²) in [6.45, 7) is 3.27. The van der Waals surface area contributed by atoms with Gasteiger partial charge < -0.3 is 5.32 Å². The summed E-state index contributed by atoms with van der Waals surface area (Å²) in [7, 11) is 0. The number of thiophene rings is 1. The minimum absolute atomic E-state index is 0.413. The van der Waals surface area contributed by atoms with Gasteiger partial charge in [-0.15, -0.1) is 11.3 Å². The number of halogens is 2. The van der Waals surface area contributed by atoms with Gasteiger partial charge in [0.2, 0.25) is 0 Å². The van der Waals surface area contributed by atoms with Crippen LogP contribution in [0.1, 0.15) is 29.8 Å². The Kier molecular flexibility index (Phi) is 6.32. The van der Waals surface area contributed by atoms with E-state index in [4.69, 9.17) is 0 Å². The third kappa shape index (κ3) is 4.85. The summed E-state index contributed by atoms with van der Waals surface area (Å²) in [4.78, 5) is 1.40. The van der Waals surface area contributed by atoms with Crippen LogP contribution in [0.3, 0.4) is 0 Å². The van der Waals surface area contributed by atoms with E-state index in [2.05, 4.69) is 86.5 Å². The summed E-state index contributed by atoms with van der Waals surface area (Å²) < 4.78 is 2.47. The van der Waals surface area contributed by atoms with Crippen LogP contribution in [0.2, 0.25) is 0 Å². The lowest BCUT2D eigenvalue weighted by molar-refractivity contribution is 0.536. The van der Waals surface area contributed by atoms with Crippen LogP contribution in [-0.2, 0) is 6.42 Å². The number of benzene rings is 1. The normalized spacial score (nSPS) is 12.6. The Labute approximate surface area is 141 Å². The van der Waals surface area contributed by atoms with E-state index in [0.29, 0.717) is 6.04 Å². The van der Waals surface area contributed by atoms with Crippen molar-refractivity contribution in [3.05, 3.63) is 54.2 Å². The Morgan fingerprint density at radius 2 is 2.05 bits per heavy atom. The third-order valence-corrected chi connectivity index (χ3v) is 5.45. The zero-order valence-corrected chi connectivity index (χ0v) is 15.4. The first-order valence-corrected chi connectivity index (χ1v) is 9.16. The predicted octanol–water partition coefficient (Wildman–Crippen LogP) is 5.40. The second-order valence-corrected chi connectivity index (χ2v) is 7.61. The number of rotatable bonds is 6. The Morgan fingerprint density at radius 3 is 2.63 bits per heavy atom. The molecule has 1 nitrogen and oxygen atoms in total. The molecule has 0 saturated heterocycles. The average Bonchev–Trinajstić information content (AvgIpc) is 2.83. The highest BCUT2D eigenvalue weighted by Gasteiger charge is 2.13. The molecule has 1 heterocycles. The minimum Gasteiger partial charge on any atom is -0.309 e. The lowest BCUT2D eigenvalue weighted by atomic mass is 10.0. The highest BCUT2D eigenvalue weighted by molar-refractivity contribution is 14.1. The van der Waals surface area contributed by atoms with Crippen molar-refractivity contribution in [1.82, 2.24) is 5.32 Å². The molecular weight excluding hydrogens is 433 g/mol. The molecule has 19 heavy (non-hydrogen) atoms. The first-order valence-electron chi connectivity index (χ1n) is 6.40. The molecule has 0 saturated carbocycles. The summed E-state index contributed by atoms with van der Waals surface area (Å²) in [5.74, 6) is 0. The van der Waals surface area contributed by atoms with Gasteiger partial charge in [-0.2, -0.15) is 0 Å². The van der Waals surface area contributed by atoms with E-state index in [0.717, 1.165) is 19.4 Å². The summed E-state index contributed by atoms with van der Waals surface area (Å²) in [5.41, 5.74) is 1.39. The van der Waals surface area contributed by atoms with Crippen molar-refractivity contribution in [2.24, 2.45) is 0 Å². The molecule has 1 aromatic carbocycles. The smallest absolute Gasteiger partial charge is 0.0456 e. The summed E-state index contributed by atoms with van der Waals surface area (Å²) in [6.07, 6.45) is 2.21. The van der Waals surface area contributed by atoms with E-state index in [1.165, 1.54) is 18.5 Å². The molecule has 4 heteroatoms. The maximum Gasteiger partial charge on any atom is 0.0456 e. The third-order valence-electron chi connectivity index (χ3n) is 2.93. The largest absolute Gasteiger partial charge is 0.309 e. The highest BCUT2D eigenvalue weighted by atomic mass is 127.